The maximum absolute atomic E-state index is 12.8. The van der Waals surface area contributed by atoms with Crippen LogP contribution in [-0.4, -0.2) is 42.2 Å². The molecule has 0 aliphatic carbocycles. The van der Waals surface area contributed by atoms with Crippen LogP contribution >= 0.6 is 11.6 Å². The molecular weight excluding hydrogens is 520 g/mol. The van der Waals surface area contributed by atoms with Crippen LogP contribution in [0.4, 0.5) is 0 Å². The van der Waals surface area contributed by atoms with Gasteiger partial charge in [-0.3, -0.25) is 4.79 Å². The van der Waals surface area contributed by atoms with Gasteiger partial charge in [0, 0.05) is 43.3 Å². The van der Waals surface area contributed by atoms with Crippen molar-refractivity contribution in [2.75, 3.05) is 20.7 Å². The van der Waals surface area contributed by atoms with Crippen molar-refractivity contribution in [1.82, 2.24) is 9.80 Å². The first-order valence-electron chi connectivity index (χ1n) is 14.8. The van der Waals surface area contributed by atoms with Crippen LogP contribution in [0.3, 0.4) is 0 Å². The summed E-state index contributed by atoms with van der Waals surface area (Å²) in [6.07, 6.45) is 8.96. The van der Waals surface area contributed by atoms with E-state index in [9.17, 15) is 4.79 Å². The summed E-state index contributed by atoms with van der Waals surface area (Å²) in [5.74, 6) is 2.39. The number of carbonyl (C=O) groups is 1. The van der Waals surface area contributed by atoms with E-state index >= 15 is 0 Å². The van der Waals surface area contributed by atoms with E-state index in [1.165, 1.54) is 11.3 Å². The minimum absolute atomic E-state index is 0.0707. The van der Waals surface area contributed by atoms with Crippen molar-refractivity contribution in [2.24, 2.45) is 34.4 Å². The smallest absolute Gasteiger partial charge is 0.253 e. The number of amidine groups is 1. The fourth-order valence-electron chi connectivity index (χ4n) is 5.12. The number of aliphatic imine (C=N–C) groups is 1. The topological polar surface area (TPSA) is 71.2 Å². The van der Waals surface area contributed by atoms with E-state index in [4.69, 9.17) is 22.1 Å². The summed E-state index contributed by atoms with van der Waals surface area (Å²) in [5, 5.41) is 0.447. The third-order valence-corrected chi connectivity index (χ3v) is 8.09. The first kappa shape index (κ1) is 33.5. The van der Waals surface area contributed by atoms with E-state index in [2.05, 4.69) is 58.0 Å². The fourth-order valence-corrected chi connectivity index (χ4v) is 5.43. The fraction of sp³-hybridized carbons (Fsp3) is 0.576. The van der Waals surface area contributed by atoms with Gasteiger partial charge >= 0.3 is 0 Å². The van der Waals surface area contributed by atoms with Gasteiger partial charge in [-0.25, -0.2) is 4.99 Å². The molecule has 2 unspecified atom stereocenters. The van der Waals surface area contributed by atoms with E-state index in [0.717, 1.165) is 48.2 Å². The number of amides is 1. The molecule has 1 aromatic rings. The van der Waals surface area contributed by atoms with Crippen molar-refractivity contribution in [2.45, 2.75) is 80.6 Å². The molecule has 6 nitrogen and oxygen atoms in total. The molecule has 0 spiro atoms. The van der Waals surface area contributed by atoms with Gasteiger partial charge in [-0.15, -0.1) is 0 Å². The largest absolute Gasteiger partial charge is 0.493 e. The Kier molecular flexibility index (Phi) is 12.8. The SMILES string of the molecule is C=C(C(CC[C@H](C)CC)CC(C)C)N1C=CN=C(N)/C1=C(\c1c(Cl)cc(C(=O)N(C)C)cc1OCC)C(C)CC. The first-order valence-corrected chi connectivity index (χ1v) is 15.2. The molecule has 0 saturated carbocycles. The van der Waals surface area contributed by atoms with Gasteiger partial charge in [0.25, 0.3) is 5.91 Å². The summed E-state index contributed by atoms with van der Waals surface area (Å²) in [4.78, 5) is 21.0. The normalized spacial score (nSPS) is 16.9. The number of carbonyl (C=O) groups excluding carboxylic acids is 1. The average molecular weight is 571 g/mol. The maximum Gasteiger partial charge on any atom is 0.253 e. The zero-order valence-corrected chi connectivity index (χ0v) is 26.9. The Morgan fingerprint density at radius 1 is 1.12 bits per heavy atom. The highest BCUT2D eigenvalue weighted by molar-refractivity contribution is 6.33. The molecule has 1 aromatic carbocycles. The quantitative estimate of drug-likeness (QED) is 0.244. The van der Waals surface area contributed by atoms with Crippen LogP contribution in [0.1, 0.15) is 96.5 Å². The molecular formula is C33H51ClN4O2. The molecule has 0 bridgehead atoms. The second-order valence-corrected chi connectivity index (χ2v) is 12.0. The lowest BCUT2D eigenvalue weighted by atomic mass is 9.85. The van der Waals surface area contributed by atoms with Crippen molar-refractivity contribution in [3.8, 4) is 5.75 Å². The molecule has 222 valence electrons. The lowest BCUT2D eigenvalue weighted by molar-refractivity contribution is 0.0827. The Morgan fingerprint density at radius 2 is 1.80 bits per heavy atom. The molecule has 3 atom stereocenters. The van der Waals surface area contributed by atoms with Gasteiger partial charge in [0.2, 0.25) is 0 Å². The molecule has 1 aliphatic rings. The Bertz CT molecular complexity index is 1140. The number of hydrogen-bond acceptors (Lipinski definition) is 5. The highest BCUT2D eigenvalue weighted by atomic mass is 35.5. The van der Waals surface area contributed by atoms with E-state index in [1.54, 1.807) is 32.4 Å². The lowest BCUT2D eigenvalue weighted by Crippen LogP contribution is -2.34. The number of halogens is 1. The number of ether oxygens (including phenoxy) is 1. The number of allylic oxidation sites excluding steroid dienone is 2. The van der Waals surface area contributed by atoms with Gasteiger partial charge in [0.1, 0.15) is 11.6 Å². The summed E-state index contributed by atoms with van der Waals surface area (Å²) in [6, 6.07) is 3.51. The lowest BCUT2D eigenvalue weighted by Gasteiger charge is -2.36. The number of benzene rings is 1. The maximum atomic E-state index is 12.8. The number of rotatable bonds is 14. The minimum Gasteiger partial charge on any atom is -0.493 e. The van der Waals surface area contributed by atoms with Crippen LogP contribution < -0.4 is 10.5 Å². The predicted octanol–water partition coefficient (Wildman–Crippen LogP) is 8.34. The van der Waals surface area contributed by atoms with Crippen molar-refractivity contribution in [3.63, 3.8) is 0 Å². The molecule has 7 heteroatoms. The van der Waals surface area contributed by atoms with E-state index in [0.29, 0.717) is 46.5 Å². The molecule has 2 rings (SSSR count). The van der Waals surface area contributed by atoms with Gasteiger partial charge in [0.05, 0.1) is 17.3 Å². The molecule has 0 fully saturated rings. The highest BCUT2D eigenvalue weighted by Gasteiger charge is 2.31. The van der Waals surface area contributed by atoms with E-state index < -0.39 is 0 Å². The minimum atomic E-state index is -0.137. The molecule has 0 aromatic heterocycles. The third kappa shape index (κ3) is 8.15. The Labute approximate surface area is 248 Å². The zero-order chi connectivity index (χ0) is 30.1. The molecule has 1 amide bonds. The van der Waals surface area contributed by atoms with Gasteiger partial charge < -0.3 is 20.3 Å². The standard InChI is InChI=1S/C33H51ClN4O2/c1-11-22(6)14-15-25(18-21(4)5)24(8)38-17-16-36-32(35)31(38)29(23(7)12-2)30-27(34)19-26(33(39)37(9)10)20-28(30)40-13-3/h16-17,19-23,25H,8,11-15,18H2,1-7,9-10H3,(H2,35,36)/b31-29+/t22-,23?,25?/m1/s1. The molecule has 40 heavy (non-hydrogen) atoms. The summed E-state index contributed by atoms with van der Waals surface area (Å²) >= 11 is 7.02. The molecule has 0 saturated heterocycles. The van der Waals surface area contributed by atoms with Crippen molar-refractivity contribution < 1.29 is 9.53 Å². The Morgan fingerprint density at radius 3 is 2.35 bits per heavy atom. The van der Waals surface area contributed by atoms with Gasteiger partial charge in [0.15, 0.2) is 0 Å². The summed E-state index contributed by atoms with van der Waals surface area (Å²) in [7, 11) is 3.45. The van der Waals surface area contributed by atoms with Crippen LogP contribution in [-0.2, 0) is 0 Å². The molecule has 1 heterocycles. The molecule has 0 radical (unpaired) electrons. The molecule has 1 aliphatic heterocycles. The Balaban J connectivity index is 2.81. The van der Waals surface area contributed by atoms with Gasteiger partial charge in [-0.2, -0.15) is 0 Å². The summed E-state index contributed by atoms with van der Waals surface area (Å²) in [6.45, 7) is 20.4. The van der Waals surface area contributed by atoms with Gasteiger partial charge in [-0.05, 0) is 67.6 Å². The Hall–Kier alpha value is -2.73. The number of hydrogen-bond donors (Lipinski definition) is 1. The second kappa shape index (κ2) is 15.3. The van der Waals surface area contributed by atoms with Gasteiger partial charge in [-0.1, -0.05) is 72.6 Å². The first-order chi connectivity index (χ1) is 18.9. The van der Waals surface area contributed by atoms with Crippen LogP contribution in [0, 0.1) is 23.7 Å². The number of nitrogens with two attached hydrogens (primary N) is 1. The van der Waals surface area contributed by atoms with Crippen molar-refractivity contribution >= 4 is 28.9 Å². The van der Waals surface area contributed by atoms with Crippen molar-refractivity contribution in [1.29, 1.82) is 0 Å². The third-order valence-electron chi connectivity index (χ3n) is 7.79. The zero-order valence-electron chi connectivity index (χ0n) is 26.2. The highest BCUT2D eigenvalue weighted by Crippen LogP contribution is 2.44. The monoisotopic (exact) mass is 570 g/mol. The van der Waals surface area contributed by atoms with E-state index in [-0.39, 0.29) is 11.8 Å². The predicted molar refractivity (Wildman–Crippen MR) is 170 cm³/mol. The van der Waals surface area contributed by atoms with E-state index in [1.807, 2.05) is 13.1 Å². The van der Waals surface area contributed by atoms with Crippen LogP contribution in [0.25, 0.3) is 5.57 Å². The van der Waals surface area contributed by atoms with Crippen LogP contribution in [0.2, 0.25) is 5.02 Å². The second-order valence-electron chi connectivity index (χ2n) is 11.6. The van der Waals surface area contributed by atoms with Crippen LogP contribution in [0.15, 0.2) is 47.5 Å². The summed E-state index contributed by atoms with van der Waals surface area (Å²) in [5.41, 5.74) is 10.6. The average Bonchev–Trinajstić information content (AvgIpc) is 2.91. The number of nitrogens with zero attached hydrogens (tertiary/aromatic N) is 3. The molecule has 2 N–H and O–H groups in total. The summed E-state index contributed by atoms with van der Waals surface area (Å²) < 4.78 is 6.13. The van der Waals surface area contributed by atoms with Crippen LogP contribution in [0.5, 0.6) is 5.75 Å². The van der Waals surface area contributed by atoms with Crippen molar-refractivity contribution in [3.05, 3.63) is 58.7 Å².